The average molecular weight is 897 g/mol. The van der Waals surface area contributed by atoms with Crippen molar-refractivity contribution >= 4 is 47.1 Å². The lowest BCUT2D eigenvalue weighted by Crippen LogP contribution is -2.48. The number of nitrogens with zero attached hydrogens (tertiary/aromatic N) is 6. The second-order valence-electron chi connectivity index (χ2n) is 14.8. The first-order valence-electron chi connectivity index (χ1n) is 20.7. The summed E-state index contributed by atoms with van der Waals surface area (Å²) in [5.41, 5.74) is 9.75. The van der Waals surface area contributed by atoms with Gasteiger partial charge in [0.2, 0.25) is 0 Å². The van der Waals surface area contributed by atoms with Gasteiger partial charge in [0.1, 0.15) is 5.75 Å². The number of aryl methyl sites for hydroxylation is 2. The lowest BCUT2D eigenvalue weighted by molar-refractivity contribution is 0.0880. The fourth-order valence-corrected chi connectivity index (χ4v) is 6.54. The number of aromatic nitrogens is 2. The number of nitrogen functional groups attached to an aromatic ring is 1. The van der Waals surface area contributed by atoms with E-state index in [1.165, 1.54) is 26.5 Å². The van der Waals surface area contributed by atoms with Gasteiger partial charge in [-0.15, -0.1) is 0 Å². The van der Waals surface area contributed by atoms with Crippen LogP contribution >= 0.6 is 0 Å². The first-order valence-corrected chi connectivity index (χ1v) is 20.7. The molecule has 65 heavy (non-hydrogen) atoms. The Hall–Kier alpha value is -7.38. The Morgan fingerprint density at radius 2 is 1.09 bits per heavy atom. The van der Waals surface area contributed by atoms with Crippen molar-refractivity contribution in [3.05, 3.63) is 138 Å². The highest BCUT2D eigenvalue weighted by molar-refractivity contribution is 5.99. The number of pyridine rings is 2. The molecule has 2 fully saturated rings. The molecule has 344 valence electrons. The third-order valence-corrected chi connectivity index (χ3v) is 10.1. The normalized spacial score (nSPS) is 13.8. The van der Waals surface area contributed by atoms with Gasteiger partial charge < -0.3 is 40.4 Å². The SMILES string of the molecule is COC(=O)N1CCN(Cc2cccc(N)c2F)CC1.COC(=O)N1CCN(Cc2cccc(NC(=O)Nc3ccc(C)nc3)c2F)CC1.Cc1ccc(NC(=O)Oc2ccccc2)cn1. The number of nitrogens with two attached hydrogens (primary N) is 1. The molecule has 5 aromatic rings. The lowest BCUT2D eigenvalue weighted by atomic mass is 10.1. The second kappa shape index (κ2) is 24.5. The number of carbonyl (C=O) groups excluding carboxylic acids is 4. The maximum Gasteiger partial charge on any atom is 0.417 e. The van der Waals surface area contributed by atoms with E-state index in [0.717, 1.165) is 11.4 Å². The average Bonchev–Trinajstić information content (AvgIpc) is 3.31. The van der Waals surface area contributed by atoms with E-state index in [1.807, 2.05) is 26.0 Å². The zero-order chi connectivity index (χ0) is 46.7. The number of amides is 5. The van der Waals surface area contributed by atoms with Crippen molar-refractivity contribution in [2.45, 2.75) is 26.9 Å². The molecule has 2 saturated heterocycles. The molecule has 7 rings (SSSR count). The highest BCUT2D eigenvalue weighted by atomic mass is 19.1. The number of ether oxygens (including phenoxy) is 3. The summed E-state index contributed by atoms with van der Waals surface area (Å²) in [4.78, 5) is 62.2. The molecule has 5 N–H and O–H groups in total. The van der Waals surface area contributed by atoms with Crippen molar-refractivity contribution in [1.82, 2.24) is 29.6 Å². The summed E-state index contributed by atoms with van der Waals surface area (Å²) >= 11 is 0. The summed E-state index contributed by atoms with van der Waals surface area (Å²) in [7, 11) is 2.73. The molecule has 2 aliphatic heterocycles. The maximum atomic E-state index is 14.9. The van der Waals surface area contributed by atoms with Gasteiger partial charge in [0, 0.05) is 88.0 Å². The number of para-hydroxylation sites is 1. The summed E-state index contributed by atoms with van der Waals surface area (Å²) in [6, 6.07) is 25.4. The number of piperazine rings is 2. The van der Waals surface area contributed by atoms with Crippen LogP contribution in [-0.2, 0) is 22.6 Å². The fourth-order valence-electron chi connectivity index (χ4n) is 6.54. The molecule has 0 spiro atoms. The van der Waals surface area contributed by atoms with Crippen LogP contribution in [0.15, 0.2) is 103 Å². The van der Waals surface area contributed by atoms with Crippen molar-refractivity contribution in [2.24, 2.45) is 0 Å². The van der Waals surface area contributed by atoms with Crippen molar-refractivity contribution in [1.29, 1.82) is 0 Å². The maximum absolute atomic E-state index is 14.9. The van der Waals surface area contributed by atoms with Crippen molar-refractivity contribution in [3.8, 4) is 5.75 Å². The number of hydrogen-bond acceptors (Lipinski definition) is 12. The number of rotatable bonds is 8. The Labute approximate surface area is 376 Å². The van der Waals surface area contributed by atoms with Crippen molar-refractivity contribution in [3.63, 3.8) is 0 Å². The summed E-state index contributed by atoms with van der Waals surface area (Å²) in [5.74, 6) is -0.317. The monoisotopic (exact) mass is 896 g/mol. The van der Waals surface area contributed by atoms with Crippen LogP contribution in [-0.4, -0.2) is 120 Å². The van der Waals surface area contributed by atoms with E-state index in [0.29, 0.717) is 93.7 Å². The third-order valence-electron chi connectivity index (χ3n) is 10.1. The second-order valence-corrected chi connectivity index (χ2v) is 14.8. The van der Waals surface area contributed by atoms with Gasteiger partial charge in [-0.3, -0.25) is 25.1 Å². The van der Waals surface area contributed by atoms with E-state index >= 15 is 0 Å². The first-order chi connectivity index (χ1) is 31.3. The van der Waals surface area contributed by atoms with Gasteiger partial charge in [0.15, 0.2) is 11.6 Å². The number of benzene rings is 3. The minimum Gasteiger partial charge on any atom is -0.453 e. The number of hydrogen-bond donors (Lipinski definition) is 4. The highest BCUT2D eigenvalue weighted by Gasteiger charge is 2.24. The number of carbonyl (C=O) groups is 4. The van der Waals surface area contributed by atoms with Gasteiger partial charge in [-0.25, -0.2) is 28.0 Å². The predicted octanol–water partition coefficient (Wildman–Crippen LogP) is 7.35. The van der Waals surface area contributed by atoms with Gasteiger partial charge >= 0.3 is 24.3 Å². The minimum atomic E-state index is -0.543. The Kier molecular flexibility index (Phi) is 18.3. The van der Waals surface area contributed by atoms with Gasteiger partial charge in [-0.2, -0.15) is 0 Å². The molecule has 0 bridgehead atoms. The zero-order valence-corrected chi connectivity index (χ0v) is 36.8. The summed E-state index contributed by atoms with van der Waals surface area (Å²) in [6.07, 6.45) is 1.94. The molecular formula is C46H54F2N10O7. The first kappa shape index (κ1) is 48.6. The molecule has 3 aromatic carbocycles. The Balaban J connectivity index is 0.000000192. The number of nitrogens with one attached hydrogen (secondary N) is 3. The van der Waals surface area contributed by atoms with Crippen LogP contribution in [0, 0.1) is 25.5 Å². The number of urea groups is 1. The molecule has 5 amide bonds. The van der Waals surface area contributed by atoms with E-state index in [-0.39, 0.29) is 29.4 Å². The number of halogens is 2. The summed E-state index contributed by atoms with van der Waals surface area (Å²) < 4.78 is 43.1. The quantitative estimate of drug-likeness (QED) is 0.113. The molecule has 0 saturated carbocycles. The van der Waals surface area contributed by atoms with Crippen LogP contribution in [0.1, 0.15) is 22.5 Å². The van der Waals surface area contributed by atoms with Crippen molar-refractivity contribution < 1.29 is 42.2 Å². The largest absolute Gasteiger partial charge is 0.453 e. The van der Waals surface area contributed by atoms with Crippen LogP contribution in [0.4, 0.5) is 50.7 Å². The molecule has 0 unspecified atom stereocenters. The smallest absolute Gasteiger partial charge is 0.417 e. The van der Waals surface area contributed by atoms with E-state index in [1.54, 1.807) is 88.8 Å². The highest BCUT2D eigenvalue weighted by Crippen LogP contribution is 2.22. The van der Waals surface area contributed by atoms with Crippen LogP contribution in [0.2, 0.25) is 0 Å². The van der Waals surface area contributed by atoms with E-state index in [4.69, 9.17) is 15.2 Å². The molecule has 4 heterocycles. The van der Waals surface area contributed by atoms with E-state index < -0.39 is 17.9 Å². The molecule has 19 heteroatoms. The molecule has 0 aliphatic carbocycles. The lowest BCUT2D eigenvalue weighted by Gasteiger charge is -2.33. The molecular weight excluding hydrogens is 843 g/mol. The Bertz CT molecular complexity index is 2330. The number of anilines is 4. The van der Waals surface area contributed by atoms with Crippen LogP contribution < -0.4 is 26.4 Å². The van der Waals surface area contributed by atoms with Gasteiger partial charge in [-0.1, -0.05) is 42.5 Å². The molecule has 0 radical (unpaired) electrons. The van der Waals surface area contributed by atoms with Crippen LogP contribution in [0.3, 0.4) is 0 Å². The minimum absolute atomic E-state index is 0.105. The molecule has 17 nitrogen and oxygen atoms in total. The third kappa shape index (κ3) is 15.4. The Morgan fingerprint density at radius 1 is 0.600 bits per heavy atom. The Morgan fingerprint density at radius 3 is 1.58 bits per heavy atom. The summed E-state index contributed by atoms with van der Waals surface area (Å²) in [5, 5.41) is 7.76. The fraction of sp³-hybridized carbons (Fsp3) is 0.304. The van der Waals surface area contributed by atoms with Crippen molar-refractivity contribution in [2.75, 3.05) is 88.3 Å². The van der Waals surface area contributed by atoms with Gasteiger partial charge in [0.05, 0.1) is 49.4 Å². The van der Waals surface area contributed by atoms with Gasteiger partial charge in [-0.05, 0) is 62.4 Å². The zero-order valence-electron chi connectivity index (χ0n) is 36.8. The standard InChI is InChI=1S/C20H24FN5O3.C13H18FN3O2.C13H12N2O2/c1-14-6-7-16(12-22-14)23-19(27)24-17-5-3-4-15(18(17)21)13-25-8-10-26(11-9-25)20(28)29-2;1-19-13(18)17-7-5-16(6-8-17)9-10-3-2-4-11(15)12(10)14;1-10-7-8-11(9-14-10)15-13(16)17-12-5-3-2-4-6-12/h3-7,12H,8-11,13H2,1-2H3,(H2,23,24,27);2-4H,5-9,15H2,1H3;2-9H,1H3,(H,15,16). The predicted molar refractivity (Wildman–Crippen MR) is 242 cm³/mol. The van der Waals surface area contributed by atoms with E-state index in [2.05, 4.69) is 40.5 Å². The topological polar surface area (TPSA) is 197 Å². The van der Waals surface area contributed by atoms with Crippen LogP contribution in [0.5, 0.6) is 5.75 Å². The molecule has 0 atom stereocenters. The van der Waals surface area contributed by atoms with Crippen LogP contribution in [0.25, 0.3) is 0 Å². The molecule has 2 aromatic heterocycles. The molecule has 2 aliphatic rings. The van der Waals surface area contributed by atoms with Gasteiger partial charge in [0.25, 0.3) is 0 Å². The van der Waals surface area contributed by atoms with E-state index in [9.17, 15) is 28.0 Å². The summed E-state index contributed by atoms with van der Waals surface area (Å²) in [6.45, 7) is 9.50. The number of methoxy groups -OCH3 is 2.